The maximum Gasteiger partial charge on any atom is 0.153 e. The van der Waals surface area contributed by atoms with Crippen LogP contribution in [0.5, 0.6) is 0 Å². The molecule has 0 bridgehead atoms. The first-order valence-corrected chi connectivity index (χ1v) is 16.7. The molecule has 47 heavy (non-hydrogen) atoms. The van der Waals surface area contributed by atoms with E-state index in [4.69, 9.17) is 9.97 Å². The zero-order valence-corrected chi connectivity index (χ0v) is 29.6. The second-order valence-electron chi connectivity index (χ2n) is 11.2. The molecule has 0 saturated heterocycles. The van der Waals surface area contributed by atoms with Crippen molar-refractivity contribution >= 4 is 64.9 Å². The Kier molecular flexibility index (Phi) is 8.71. The van der Waals surface area contributed by atoms with E-state index in [1.54, 1.807) is 22.7 Å². The van der Waals surface area contributed by atoms with Gasteiger partial charge in [0, 0.05) is 25.8 Å². The van der Waals surface area contributed by atoms with Crippen molar-refractivity contribution in [1.29, 1.82) is 0 Å². The number of hydrogen-bond acceptors (Lipinski definition) is 6. The van der Waals surface area contributed by atoms with Crippen molar-refractivity contribution in [1.82, 2.24) is 19.9 Å². The second-order valence-corrected chi connectivity index (χ2v) is 13.3. The maximum absolute atomic E-state index is 5.04. The van der Waals surface area contributed by atoms with Crippen LogP contribution in [0.3, 0.4) is 0 Å². The fraction of sp³-hybridized carbons (Fsp3) is 0.0500. The van der Waals surface area contributed by atoms with E-state index >= 15 is 0 Å². The van der Waals surface area contributed by atoms with Gasteiger partial charge in [-0.05, 0) is 59.7 Å². The molecule has 0 aliphatic rings. The van der Waals surface area contributed by atoms with Gasteiger partial charge in [0.2, 0.25) is 0 Å². The van der Waals surface area contributed by atoms with Gasteiger partial charge < -0.3 is 0 Å². The van der Waals surface area contributed by atoms with Crippen LogP contribution < -0.4 is 0 Å². The van der Waals surface area contributed by atoms with Crippen LogP contribution in [0.25, 0.3) is 74.8 Å². The van der Waals surface area contributed by atoms with Crippen LogP contribution in [-0.2, 0) is 20.1 Å². The number of fused-ring (bicyclic) bond motifs is 4. The molecular formula is C40H27IrN4S2-. The van der Waals surface area contributed by atoms with Gasteiger partial charge in [-0.3, -0.25) is 9.97 Å². The van der Waals surface area contributed by atoms with Gasteiger partial charge in [0.1, 0.15) is 0 Å². The molecule has 0 amide bonds. The Morgan fingerprint density at radius 3 is 1.53 bits per heavy atom. The molecular weight excluding hydrogens is 793 g/mol. The molecule has 0 spiro atoms. The Labute approximate surface area is 294 Å². The van der Waals surface area contributed by atoms with Crippen LogP contribution in [0.4, 0.5) is 0 Å². The van der Waals surface area contributed by atoms with Gasteiger partial charge in [-0.2, -0.15) is 0 Å². The molecule has 4 nitrogen and oxygen atoms in total. The molecule has 0 aliphatic heterocycles. The molecule has 1 radical (unpaired) electrons. The van der Waals surface area contributed by atoms with Crippen molar-refractivity contribution < 1.29 is 20.1 Å². The Morgan fingerprint density at radius 1 is 0.489 bits per heavy atom. The first-order valence-electron chi connectivity index (χ1n) is 15.1. The number of nitrogens with zero attached hydrogens (tertiary/aromatic N) is 4. The largest absolute Gasteiger partial charge is 0.292 e. The van der Waals surface area contributed by atoms with Crippen LogP contribution in [0, 0.1) is 19.9 Å². The molecule has 0 unspecified atom stereocenters. The van der Waals surface area contributed by atoms with Gasteiger partial charge in [0.25, 0.3) is 0 Å². The third-order valence-corrected chi connectivity index (χ3v) is 10.1. The summed E-state index contributed by atoms with van der Waals surface area (Å²) >= 11 is 3.40. The molecule has 0 saturated carbocycles. The van der Waals surface area contributed by atoms with Crippen molar-refractivity contribution in [3.63, 3.8) is 0 Å². The van der Waals surface area contributed by atoms with E-state index in [1.165, 1.54) is 31.3 Å². The zero-order chi connectivity index (χ0) is 31.0. The summed E-state index contributed by atoms with van der Waals surface area (Å²) in [6.45, 7) is 4.16. The third kappa shape index (κ3) is 6.36. The fourth-order valence-corrected chi connectivity index (χ4v) is 7.37. The van der Waals surface area contributed by atoms with Crippen LogP contribution in [0.2, 0.25) is 0 Å². The summed E-state index contributed by atoms with van der Waals surface area (Å²) in [5.41, 5.74) is 10.1. The number of hydrogen-bond donors (Lipinski definition) is 0. The molecule has 3 aromatic heterocycles. The average molecular weight is 820 g/mol. The topological polar surface area (TPSA) is 51.6 Å². The van der Waals surface area contributed by atoms with E-state index in [0.29, 0.717) is 0 Å². The normalized spacial score (nSPS) is 11.0. The summed E-state index contributed by atoms with van der Waals surface area (Å²) in [5.74, 6) is 0. The van der Waals surface area contributed by atoms with E-state index < -0.39 is 0 Å². The fourth-order valence-electron chi connectivity index (χ4n) is 5.42. The number of benzene rings is 6. The summed E-state index contributed by atoms with van der Waals surface area (Å²) in [6.07, 6.45) is 0. The third-order valence-electron chi connectivity index (χ3n) is 7.85. The Balaban J connectivity index is 0.000000160. The Morgan fingerprint density at radius 2 is 1.00 bits per heavy atom. The molecule has 0 fully saturated rings. The predicted molar refractivity (Wildman–Crippen MR) is 194 cm³/mol. The summed E-state index contributed by atoms with van der Waals surface area (Å²) < 4.78 is 2.43. The monoisotopic (exact) mass is 820 g/mol. The number of aryl methyl sites for hydroxylation is 2. The van der Waals surface area contributed by atoms with E-state index in [0.717, 1.165) is 54.6 Å². The average Bonchev–Trinajstić information content (AvgIpc) is 3.73. The van der Waals surface area contributed by atoms with E-state index in [2.05, 4.69) is 115 Å². The summed E-state index contributed by atoms with van der Waals surface area (Å²) in [4.78, 5) is 19.4. The second kappa shape index (κ2) is 13.2. The van der Waals surface area contributed by atoms with Crippen LogP contribution in [0.1, 0.15) is 11.1 Å². The molecule has 0 atom stereocenters. The zero-order valence-electron chi connectivity index (χ0n) is 25.6. The molecule has 0 aliphatic carbocycles. The molecule has 6 aromatic carbocycles. The molecule has 9 rings (SSSR count). The molecule has 229 valence electrons. The van der Waals surface area contributed by atoms with E-state index in [9.17, 15) is 0 Å². The van der Waals surface area contributed by atoms with Crippen molar-refractivity contribution in [3.05, 3.63) is 145 Å². The standard InChI is InChI=1S/C26H19N2.C14H8N2S2.Ir/c1-17-7-11-19(12-8-17)25-26(20-13-9-18(2)10-14-20)28-24-16-22-6-4-3-5-21(22)15-23(24)27-25;1-3-7-11-9(5-1)15-13(17-11)14-16-10-6-2-4-8-12(10)18-14;/h3-13,15-16H,1-2H3;1-8H;/q-1;;. The summed E-state index contributed by atoms with van der Waals surface area (Å²) in [5, 5.41) is 4.37. The van der Waals surface area contributed by atoms with Gasteiger partial charge in [0.05, 0.1) is 37.2 Å². The van der Waals surface area contributed by atoms with Crippen LogP contribution in [0.15, 0.2) is 127 Å². The van der Waals surface area contributed by atoms with Gasteiger partial charge in [-0.1, -0.05) is 85.3 Å². The minimum absolute atomic E-state index is 0. The molecule has 7 heteroatoms. The van der Waals surface area contributed by atoms with Gasteiger partial charge in [-0.15, -0.1) is 58.1 Å². The van der Waals surface area contributed by atoms with Crippen molar-refractivity contribution in [3.8, 4) is 32.5 Å². The van der Waals surface area contributed by atoms with Crippen molar-refractivity contribution in [2.45, 2.75) is 13.8 Å². The van der Waals surface area contributed by atoms with E-state index in [-0.39, 0.29) is 20.1 Å². The van der Waals surface area contributed by atoms with Gasteiger partial charge in [0.15, 0.2) is 10.0 Å². The van der Waals surface area contributed by atoms with Crippen molar-refractivity contribution in [2.24, 2.45) is 0 Å². The predicted octanol–water partition coefficient (Wildman–Crippen LogP) is 11.1. The number of thiazole rings is 2. The first-order chi connectivity index (χ1) is 22.6. The minimum atomic E-state index is 0. The van der Waals surface area contributed by atoms with Crippen LogP contribution >= 0.6 is 22.7 Å². The summed E-state index contributed by atoms with van der Waals surface area (Å²) in [7, 11) is 0. The molecule has 3 heterocycles. The molecule has 9 aromatic rings. The summed E-state index contributed by atoms with van der Waals surface area (Å²) in [6, 6.07) is 47.0. The Hall–Kier alpha value is -4.65. The number of aromatic nitrogens is 4. The van der Waals surface area contributed by atoms with Gasteiger partial charge in [-0.25, -0.2) is 9.97 Å². The SMILES string of the molecule is Cc1c[c-]c(-c2nc3cc4ccccc4cc3nc2-c2ccc(C)cc2)cc1.[Ir].c1ccc2sc(-c3nc4ccccc4s3)nc2c1. The first kappa shape index (κ1) is 31.0. The maximum atomic E-state index is 5.04. The molecule has 0 N–H and O–H groups in total. The number of para-hydroxylation sites is 2. The van der Waals surface area contributed by atoms with Gasteiger partial charge >= 0.3 is 0 Å². The van der Waals surface area contributed by atoms with E-state index in [1.807, 2.05) is 42.5 Å². The smallest absolute Gasteiger partial charge is 0.153 e. The Bertz CT molecular complexity index is 2260. The van der Waals surface area contributed by atoms with Crippen LogP contribution in [-0.4, -0.2) is 19.9 Å². The number of rotatable bonds is 3. The quantitative estimate of drug-likeness (QED) is 0.132. The minimum Gasteiger partial charge on any atom is -0.292 e. The van der Waals surface area contributed by atoms with Crippen molar-refractivity contribution in [2.75, 3.05) is 0 Å².